The van der Waals surface area contributed by atoms with Crippen LogP contribution in [-0.4, -0.2) is 24.5 Å². The lowest BCUT2D eigenvalue weighted by molar-refractivity contribution is 0.692. The first-order valence-electron chi connectivity index (χ1n) is 7.14. The van der Waals surface area contributed by atoms with Gasteiger partial charge in [0.25, 0.3) is 0 Å². The number of aryl methyl sites for hydroxylation is 2. The maximum atomic E-state index is 4.48. The number of aromatic nitrogens is 1. The number of hydrogen-bond acceptors (Lipinski definition) is 4. The first-order chi connectivity index (χ1) is 10.3. The molecule has 2 aromatic heterocycles. The van der Waals surface area contributed by atoms with Crippen molar-refractivity contribution in [3.63, 3.8) is 0 Å². The molecular formula is C15H22N4S2. The zero-order valence-electron chi connectivity index (χ0n) is 12.6. The minimum absolute atomic E-state index is 0.821. The molecule has 2 rings (SSSR count). The standard InChI is InChI=1S/C15H22N4S2/c1-12-10-21-14(19-12)5-3-4-7-17-15(16-2)18-9-13-6-8-20-11-13/h6,8,10-11H,3-5,7,9H2,1-2H3,(H2,16,17,18). The van der Waals surface area contributed by atoms with E-state index in [1.54, 1.807) is 29.7 Å². The van der Waals surface area contributed by atoms with Crippen molar-refractivity contribution in [2.45, 2.75) is 32.7 Å². The number of aliphatic imine (C=N–C) groups is 1. The summed E-state index contributed by atoms with van der Waals surface area (Å²) in [6.45, 7) is 3.81. The summed E-state index contributed by atoms with van der Waals surface area (Å²) < 4.78 is 0. The molecule has 0 bridgehead atoms. The first-order valence-corrected chi connectivity index (χ1v) is 8.97. The van der Waals surface area contributed by atoms with Crippen molar-refractivity contribution in [2.24, 2.45) is 4.99 Å². The van der Waals surface area contributed by atoms with Crippen LogP contribution in [0.2, 0.25) is 0 Å². The average Bonchev–Trinajstić information content (AvgIpc) is 3.13. The molecule has 2 N–H and O–H groups in total. The van der Waals surface area contributed by atoms with E-state index in [1.165, 1.54) is 10.6 Å². The number of nitrogens with zero attached hydrogens (tertiary/aromatic N) is 2. The highest BCUT2D eigenvalue weighted by Crippen LogP contribution is 2.11. The molecule has 0 aliphatic heterocycles. The van der Waals surface area contributed by atoms with Crippen molar-refractivity contribution >= 4 is 28.6 Å². The molecule has 0 aliphatic rings. The van der Waals surface area contributed by atoms with Crippen molar-refractivity contribution in [1.29, 1.82) is 0 Å². The third-order valence-electron chi connectivity index (χ3n) is 3.04. The highest BCUT2D eigenvalue weighted by Gasteiger charge is 2.00. The van der Waals surface area contributed by atoms with Gasteiger partial charge in [0.05, 0.1) is 5.01 Å². The predicted octanol–water partition coefficient (Wildman–Crippen LogP) is 3.20. The number of nitrogens with one attached hydrogen (secondary N) is 2. The average molecular weight is 323 g/mol. The molecule has 0 unspecified atom stereocenters. The summed E-state index contributed by atoms with van der Waals surface area (Å²) in [4.78, 5) is 8.71. The van der Waals surface area contributed by atoms with Gasteiger partial charge in [-0.25, -0.2) is 4.98 Å². The van der Waals surface area contributed by atoms with Crippen molar-refractivity contribution in [3.8, 4) is 0 Å². The molecule has 2 heterocycles. The van der Waals surface area contributed by atoms with E-state index in [4.69, 9.17) is 0 Å². The van der Waals surface area contributed by atoms with Crippen LogP contribution in [0.5, 0.6) is 0 Å². The second kappa shape index (κ2) is 8.79. The van der Waals surface area contributed by atoms with E-state index in [2.05, 4.69) is 42.8 Å². The number of thiophene rings is 1. The van der Waals surface area contributed by atoms with Crippen LogP contribution < -0.4 is 10.6 Å². The number of rotatable bonds is 7. The molecule has 0 aliphatic carbocycles. The fourth-order valence-electron chi connectivity index (χ4n) is 1.93. The Morgan fingerprint density at radius 1 is 1.29 bits per heavy atom. The van der Waals surface area contributed by atoms with Gasteiger partial charge in [0.15, 0.2) is 5.96 Å². The van der Waals surface area contributed by atoms with Gasteiger partial charge < -0.3 is 10.6 Å². The second-order valence-electron chi connectivity index (χ2n) is 4.82. The molecule has 21 heavy (non-hydrogen) atoms. The van der Waals surface area contributed by atoms with Crippen LogP contribution in [0.1, 0.15) is 29.1 Å². The molecule has 0 saturated carbocycles. The SMILES string of the molecule is CN=C(NCCCCc1nc(C)cs1)NCc1ccsc1. The van der Waals surface area contributed by atoms with E-state index in [-0.39, 0.29) is 0 Å². The molecule has 0 fully saturated rings. The second-order valence-corrected chi connectivity index (χ2v) is 6.55. The molecule has 114 valence electrons. The Kier molecular flexibility index (Phi) is 6.69. The van der Waals surface area contributed by atoms with Crippen LogP contribution in [0.25, 0.3) is 0 Å². The topological polar surface area (TPSA) is 49.3 Å². The quantitative estimate of drug-likeness (QED) is 0.467. The Hall–Kier alpha value is -1.40. The first kappa shape index (κ1) is 16.0. The molecule has 0 amide bonds. The summed E-state index contributed by atoms with van der Waals surface area (Å²) in [6, 6.07) is 2.13. The normalized spacial score (nSPS) is 11.6. The summed E-state index contributed by atoms with van der Waals surface area (Å²) in [5, 5.41) is 14.3. The van der Waals surface area contributed by atoms with Gasteiger partial charge >= 0.3 is 0 Å². The van der Waals surface area contributed by atoms with Crippen molar-refractivity contribution in [3.05, 3.63) is 38.5 Å². The number of unbranched alkanes of at least 4 members (excludes halogenated alkanes) is 1. The Bertz CT molecular complexity index is 546. The molecule has 0 atom stereocenters. The maximum Gasteiger partial charge on any atom is 0.191 e. The third kappa shape index (κ3) is 5.85. The van der Waals surface area contributed by atoms with E-state index in [0.717, 1.165) is 44.0 Å². The van der Waals surface area contributed by atoms with Gasteiger partial charge in [-0.1, -0.05) is 0 Å². The smallest absolute Gasteiger partial charge is 0.191 e. The number of thiazole rings is 1. The van der Waals surface area contributed by atoms with Gasteiger partial charge in [-0.05, 0) is 48.6 Å². The van der Waals surface area contributed by atoms with E-state index >= 15 is 0 Å². The molecule has 0 aromatic carbocycles. The van der Waals surface area contributed by atoms with E-state index < -0.39 is 0 Å². The van der Waals surface area contributed by atoms with Gasteiger partial charge in [-0.2, -0.15) is 11.3 Å². The fourth-order valence-corrected chi connectivity index (χ4v) is 3.41. The minimum Gasteiger partial charge on any atom is -0.356 e. The van der Waals surface area contributed by atoms with Crippen molar-refractivity contribution in [1.82, 2.24) is 15.6 Å². The molecular weight excluding hydrogens is 300 g/mol. The lowest BCUT2D eigenvalue weighted by atomic mass is 10.2. The lowest BCUT2D eigenvalue weighted by Gasteiger charge is -2.11. The minimum atomic E-state index is 0.821. The third-order valence-corrected chi connectivity index (χ3v) is 4.80. The number of guanidine groups is 1. The monoisotopic (exact) mass is 322 g/mol. The van der Waals surface area contributed by atoms with Crippen molar-refractivity contribution in [2.75, 3.05) is 13.6 Å². The molecule has 0 radical (unpaired) electrons. The van der Waals surface area contributed by atoms with Gasteiger partial charge in [0.2, 0.25) is 0 Å². The lowest BCUT2D eigenvalue weighted by Crippen LogP contribution is -2.37. The Morgan fingerprint density at radius 2 is 2.19 bits per heavy atom. The van der Waals surface area contributed by atoms with Crippen LogP contribution in [0.15, 0.2) is 27.2 Å². The fraction of sp³-hybridized carbons (Fsp3) is 0.467. The summed E-state index contributed by atoms with van der Waals surface area (Å²) in [7, 11) is 1.81. The summed E-state index contributed by atoms with van der Waals surface area (Å²) in [6.07, 6.45) is 3.35. The molecule has 4 nitrogen and oxygen atoms in total. The zero-order valence-corrected chi connectivity index (χ0v) is 14.2. The molecule has 0 saturated heterocycles. The van der Waals surface area contributed by atoms with Crippen LogP contribution in [-0.2, 0) is 13.0 Å². The summed E-state index contributed by atoms with van der Waals surface area (Å²) >= 11 is 3.48. The Labute approximate surface area is 134 Å². The maximum absolute atomic E-state index is 4.48. The van der Waals surface area contributed by atoms with Crippen LogP contribution in [0, 0.1) is 6.92 Å². The van der Waals surface area contributed by atoms with Crippen LogP contribution >= 0.6 is 22.7 Å². The largest absolute Gasteiger partial charge is 0.356 e. The summed E-state index contributed by atoms with van der Waals surface area (Å²) in [5.74, 6) is 0.867. The molecule has 2 aromatic rings. The highest BCUT2D eigenvalue weighted by molar-refractivity contribution is 7.09. The van der Waals surface area contributed by atoms with Crippen LogP contribution in [0.4, 0.5) is 0 Å². The van der Waals surface area contributed by atoms with E-state index in [1.807, 2.05) is 6.92 Å². The van der Waals surface area contributed by atoms with E-state index in [9.17, 15) is 0 Å². The zero-order chi connectivity index (χ0) is 14.9. The summed E-state index contributed by atoms with van der Waals surface area (Å²) in [5.41, 5.74) is 2.42. The number of hydrogen-bond donors (Lipinski definition) is 2. The van der Waals surface area contributed by atoms with Gasteiger partial charge in [0, 0.05) is 31.2 Å². The van der Waals surface area contributed by atoms with Crippen molar-refractivity contribution < 1.29 is 0 Å². The van der Waals surface area contributed by atoms with Crippen LogP contribution in [0.3, 0.4) is 0 Å². The van der Waals surface area contributed by atoms with Gasteiger partial charge in [-0.3, -0.25) is 4.99 Å². The predicted molar refractivity (Wildman–Crippen MR) is 92.3 cm³/mol. The van der Waals surface area contributed by atoms with Gasteiger partial charge in [0.1, 0.15) is 0 Å². The molecule has 6 heteroatoms. The highest BCUT2D eigenvalue weighted by atomic mass is 32.1. The Balaban J connectivity index is 1.58. The van der Waals surface area contributed by atoms with Gasteiger partial charge in [-0.15, -0.1) is 11.3 Å². The molecule has 0 spiro atoms. The Morgan fingerprint density at radius 3 is 2.86 bits per heavy atom. The van der Waals surface area contributed by atoms with E-state index in [0.29, 0.717) is 0 Å².